The molecule has 1 aliphatic heterocycles. The molecule has 0 N–H and O–H groups in total. The van der Waals surface area contributed by atoms with Gasteiger partial charge >= 0.3 is 0 Å². The molecule has 3 aromatic rings. The van der Waals surface area contributed by atoms with E-state index < -0.39 is 0 Å². The number of hydrogen-bond donors (Lipinski definition) is 0. The first-order valence-electron chi connectivity index (χ1n) is 8.10. The van der Waals surface area contributed by atoms with Gasteiger partial charge < -0.3 is 9.32 Å². The highest BCUT2D eigenvalue weighted by Crippen LogP contribution is 2.29. The second-order valence-corrected chi connectivity index (χ2v) is 6.22. The quantitative estimate of drug-likeness (QED) is 0.741. The van der Waals surface area contributed by atoms with E-state index in [2.05, 4.69) is 5.10 Å². The van der Waals surface area contributed by atoms with Crippen LogP contribution < -0.4 is 0 Å². The molecule has 2 aromatic heterocycles. The zero-order valence-corrected chi connectivity index (χ0v) is 13.4. The molecular formula is C18H18FN3O2. The summed E-state index contributed by atoms with van der Waals surface area (Å²) in [5.74, 6) is -0.148. The summed E-state index contributed by atoms with van der Waals surface area (Å²) in [6.45, 7) is 3.18. The molecule has 5 nitrogen and oxygen atoms in total. The standard InChI is InChI=1S/C18H18FN3O2/c1-12-15-10-13(19)5-6-16(15)24-17(12)18(23)22-9-2-4-14(22)11-21-8-3-7-20-21/h3,5-8,10,14H,2,4,9,11H2,1H3. The fourth-order valence-electron chi connectivity index (χ4n) is 3.44. The van der Waals surface area contributed by atoms with Gasteiger partial charge in [-0.1, -0.05) is 0 Å². The Morgan fingerprint density at radius 2 is 2.33 bits per heavy atom. The molecule has 24 heavy (non-hydrogen) atoms. The van der Waals surface area contributed by atoms with Gasteiger partial charge in [-0.3, -0.25) is 9.48 Å². The van der Waals surface area contributed by atoms with Gasteiger partial charge in [0, 0.05) is 29.9 Å². The predicted molar refractivity (Wildman–Crippen MR) is 87.2 cm³/mol. The van der Waals surface area contributed by atoms with Gasteiger partial charge in [-0.2, -0.15) is 5.10 Å². The van der Waals surface area contributed by atoms with Crippen molar-refractivity contribution in [3.63, 3.8) is 0 Å². The lowest BCUT2D eigenvalue weighted by Gasteiger charge is -2.24. The second kappa shape index (κ2) is 5.78. The highest BCUT2D eigenvalue weighted by atomic mass is 19.1. The van der Waals surface area contributed by atoms with Crippen LogP contribution in [0.4, 0.5) is 4.39 Å². The number of carbonyl (C=O) groups is 1. The Bertz CT molecular complexity index is 885. The van der Waals surface area contributed by atoms with Gasteiger partial charge in [-0.25, -0.2) is 4.39 Å². The summed E-state index contributed by atoms with van der Waals surface area (Å²) in [5.41, 5.74) is 1.24. The smallest absolute Gasteiger partial charge is 0.290 e. The first kappa shape index (κ1) is 14.9. The second-order valence-electron chi connectivity index (χ2n) is 6.22. The van der Waals surface area contributed by atoms with Crippen LogP contribution in [0.25, 0.3) is 11.0 Å². The number of carbonyl (C=O) groups excluding carboxylic acids is 1. The Hall–Kier alpha value is -2.63. The fourth-order valence-corrected chi connectivity index (χ4v) is 3.44. The number of halogens is 1. The predicted octanol–water partition coefficient (Wildman–Crippen LogP) is 3.38. The number of benzene rings is 1. The number of aryl methyl sites for hydroxylation is 1. The third-order valence-electron chi connectivity index (χ3n) is 4.69. The van der Waals surface area contributed by atoms with Crippen molar-refractivity contribution < 1.29 is 13.6 Å². The molecule has 0 radical (unpaired) electrons. The molecule has 0 aliphatic carbocycles. The Kier molecular flexibility index (Phi) is 3.59. The first-order valence-corrected chi connectivity index (χ1v) is 8.10. The summed E-state index contributed by atoms with van der Waals surface area (Å²) in [5, 5.41) is 4.88. The van der Waals surface area contributed by atoms with Crippen molar-refractivity contribution in [3.05, 3.63) is 53.8 Å². The molecule has 4 rings (SSSR count). The van der Waals surface area contributed by atoms with Gasteiger partial charge in [0.25, 0.3) is 5.91 Å². The Labute approximate surface area is 138 Å². The highest BCUT2D eigenvalue weighted by molar-refractivity contribution is 5.99. The van der Waals surface area contributed by atoms with Crippen LogP contribution in [0, 0.1) is 12.7 Å². The van der Waals surface area contributed by atoms with E-state index in [0.717, 1.165) is 12.8 Å². The Balaban J connectivity index is 1.64. The molecule has 1 atom stereocenters. The van der Waals surface area contributed by atoms with Crippen molar-refractivity contribution in [3.8, 4) is 0 Å². The molecule has 3 heterocycles. The molecule has 1 aliphatic rings. The number of amides is 1. The summed E-state index contributed by atoms with van der Waals surface area (Å²) in [6, 6.07) is 6.30. The number of aromatic nitrogens is 2. The van der Waals surface area contributed by atoms with E-state index in [0.29, 0.717) is 35.4 Å². The van der Waals surface area contributed by atoms with Crippen molar-refractivity contribution in [2.75, 3.05) is 6.54 Å². The zero-order valence-electron chi connectivity index (χ0n) is 13.4. The van der Waals surface area contributed by atoms with Gasteiger partial charge in [0.05, 0.1) is 12.6 Å². The highest BCUT2D eigenvalue weighted by Gasteiger charge is 2.32. The molecule has 1 amide bonds. The summed E-state index contributed by atoms with van der Waals surface area (Å²) < 4.78 is 21.0. The van der Waals surface area contributed by atoms with Crippen molar-refractivity contribution >= 4 is 16.9 Å². The number of nitrogens with zero attached hydrogens (tertiary/aromatic N) is 3. The maximum Gasteiger partial charge on any atom is 0.290 e. The van der Waals surface area contributed by atoms with E-state index in [1.807, 2.05) is 21.8 Å². The number of furan rings is 1. The van der Waals surface area contributed by atoms with Crippen LogP contribution in [-0.4, -0.2) is 33.2 Å². The van der Waals surface area contributed by atoms with Crippen LogP contribution in [0.1, 0.15) is 29.0 Å². The molecule has 6 heteroatoms. The van der Waals surface area contributed by atoms with Gasteiger partial charge in [-0.15, -0.1) is 0 Å². The molecule has 0 spiro atoms. The van der Waals surface area contributed by atoms with E-state index in [9.17, 15) is 9.18 Å². The van der Waals surface area contributed by atoms with E-state index in [1.165, 1.54) is 12.1 Å². The van der Waals surface area contributed by atoms with Gasteiger partial charge in [-0.05, 0) is 44.0 Å². The van der Waals surface area contributed by atoms with Crippen molar-refractivity contribution in [2.24, 2.45) is 0 Å². The normalized spacial score (nSPS) is 17.8. The van der Waals surface area contributed by atoms with E-state index in [1.54, 1.807) is 19.2 Å². The SMILES string of the molecule is Cc1c(C(=O)N2CCCC2Cn2cccn2)oc2ccc(F)cc12. The van der Waals surface area contributed by atoms with Crippen LogP contribution >= 0.6 is 0 Å². The molecule has 1 unspecified atom stereocenters. The minimum Gasteiger partial charge on any atom is -0.451 e. The first-order chi connectivity index (χ1) is 11.6. The number of fused-ring (bicyclic) bond motifs is 1. The number of likely N-dealkylation sites (tertiary alicyclic amines) is 1. The van der Waals surface area contributed by atoms with Crippen LogP contribution in [0.15, 0.2) is 41.1 Å². The molecule has 0 bridgehead atoms. The Morgan fingerprint density at radius 3 is 3.12 bits per heavy atom. The third-order valence-corrected chi connectivity index (χ3v) is 4.69. The topological polar surface area (TPSA) is 51.3 Å². The molecular weight excluding hydrogens is 309 g/mol. The van der Waals surface area contributed by atoms with E-state index >= 15 is 0 Å². The zero-order chi connectivity index (χ0) is 16.7. The summed E-state index contributed by atoms with van der Waals surface area (Å²) >= 11 is 0. The number of rotatable bonds is 3. The van der Waals surface area contributed by atoms with Crippen molar-refractivity contribution in [1.82, 2.24) is 14.7 Å². The maximum atomic E-state index is 13.5. The van der Waals surface area contributed by atoms with Crippen LogP contribution in [0.5, 0.6) is 0 Å². The van der Waals surface area contributed by atoms with Gasteiger partial charge in [0.1, 0.15) is 11.4 Å². The van der Waals surface area contributed by atoms with Gasteiger partial charge in [0.2, 0.25) is 0 Å². The third kappa shape index (κ3) is 2.48. The summed E-state index contributed by atoms with van der Waals surface area (Å²) in [7, 11) is 0. The van der Waals surface area contributed by atoms with Crippen LogP contribution in [-0.2, 0) is 6.54 Å². The van der Waals surface area contributed by atoms with E-state index in [-0.39, 0.29) is 17.8 Å². The molecule has 1 fully saturated rings. The number of hydrogen-bond acceptors (Lipinski definition) is 3. The molecule has 1 saturated heterocycles. The molecule has 0 saturated carbocycles. The lowest BCUT2D eigenvalue weighted by Crippen LogP contribution is -2.38. The maximum absolute atomic E-state index is 13.5. The van der Waals surface area contributed by atoms with Gasteiger partial charge in [0.15, 0.2) is 5.76 Å². The molecule has 1 aromatic carbocycles. The largest absolute Gasteiger partial charge is 0.451 e. The monoisotopic (exact) mass is 327 g/mol. The van der Waals surface area contributed by atoms with E-state index in [4.69, 9.17) is 4.42 Å². The van der Waals surface area contributed by atoms with Crippen LogP contribution in [0.3, 0.4) is 0 Å². The lowest BCUT2D eigenvalue weighted by atomic mass is 10.1. The fraction of sp³-hybridized carbons (Fsp3) is 0.333. The minimum absolute atomic E-state index is 0.0988. The molecule has 124 valence electrons. The van der Waals surface area contributed by atoms with Crippen molar-refractivity contribution in [2.45, 2.75) is 32.4 Å². The average Bonchev–Trinajstić information content (AvgIpc) is 3.29. The minimum atomic E-state index is -0.330. The van der Waals surface area contributed by atoms with Crippen molar-refractivity contribution in [1.29, 1.82) is 0 Å². The van der Waals surface area contributed by atoms with Crippen LogP contribution in [0.2, 0.25) is 0 Å². The summed E-state index contributed by atoms with van der Waals surface area (Å²) in [6.07, 6.45) is 5.54. The average molecular weight is 327 g/mol. The summed E-state index contributed by atoms with van der Waals surface area (Å²) in [4.78, 5) is 14.8. The lowest BCUT2D eigenvalue weighted by molar-refractivity contribution is 0.0690. The Morgan fingerprint density at radius 1 is 1.46 bits per heavy atom.